The molecular weight excluding hydrogens is 242 g/mol. The number of ether oxygens (including phenoxy) is 2. The van der Waals surface area contributed by atoms with E-state index in [1.807, 2.05) is 0 Å². The van der Waals surface area contributed by atoms with Crippen molar-refractivity contribution in [3.63, 3.8) is 0 Å². The SMILES string of the molecule is COc1ccc(C(C#N)=Cc2ccco2)cc1OC. The number of allylic oxidation sites excluding steroid dienone is 1. The van der Waals surface area contributed by atoms with Gasteiger partial charge in [0.2, 0.25) is 0 Å². The summed E-state index contributed by atoms with van der Waals surface area (Å²) in [6.07, 6.45) is 3.25. The first-order valence-electron chi connectivity index (χ1n) is 5.66. The Bertz CT molecular complexity index is 621. The highest BCUT2D eigenvalue weighted by Gasteiger charge is 2.08. The van der Waals surface area contributed by atoms with Crippen LogP contribution in [0, 0.1) is 11.3 Å². The van der Waals surface area contributed by atoms with Crippen LogP contribution in [-0.4, -0.2) is 14.2 Å². The van der Waals surface area contributed by atoms with Crippen LogP contribution in [0.2, 0.25) is 0 Å². The fraction of sp³-hybridized carbons (Fsp3) is 0.133. The minimum Gasteiger partial charge on any atom is -0.493 e. The number of benzene rings is 1. The molecule has 0 aliphatic heterocycles. The summed E-state index contributed by atoms with van der Waals surface area (Å²) in [5.41, 5.74) is 1.24. The zero-order chi connectivity index (χ0) is 13.7. The average molecular weight is 255 g/mol. The van der Waals surface area contributed by atoms with Crippen LogP contribution in [0.1, 0.15) is 11.3 Å². The van der Waals surface area contributed by atoms with Gasteiger partial charge in [0.25, 0.3) is 0 Å². The molecule has 0 unspecified atom stereocenters. The van der Waals surface area contributed by atoms with Gasteiger partial charge in [-0.05, 0) is 42.0 Å². The van der Waals surface area contributed by atoms with Crippen molar-refractivity contribution in [2.24, 2.45) is 0 Å². The molecule has 2 rings (SSSR count). The molecule has 0 aliphatic rings. The standard InChI is InChI=1S/C15H13NO3/c1-17-14-6-5-11(9-15(14)18-2)12(10-16)8-13-4-3-7-19-13/h3-9H,1-2H3. The topological polar surface area (TPSA) is 55.4 Å². The highest BCUT2D eigenvalue weighted by Crippen LogP contribution is 2.30. The molecule has 0 radical (unpaired) electrons. The monoisotopic (exact) mass is 255 g/mol. The molecule has 1 aromatic heterocycles. The summed E-state index contributed by atoms with van der Waals surface area (Å²) < 4.78 is 15.6. The Kier molecular flexibility index (Phi) is 3.89. The van der Waals surface area contributed by atoms with E-state index in [0.717, 1.165) is 5.56 Å². The van der Waals surface area contributed by atoms with Crippen molar-refractivity contribution in [1.82, 2.24) is 0 Å². The molecule has 0 fully saturated rings. The summed E-state index contributed by atoms with van der Waals surface area (Å²) in [6, 6.07) is 11.0. The highest BCUT2D eigenvalue weighted by molar-refractivity contribution is 5.89. The Hall–Kier alpha value is -2.67. The van der Waals surface area contributed by atoms with Crippen LogP contribution >= 0.6 is 0 Å². The summed E-state index contributed by atoms with van der Waals surface area (Å²) in [5.74, 6) is 1.84. The van der Waals surface area contributed by atoms with Gasteiger partial charge < -0.3 is 13.9 Å². The lowest BCUT2D eigenvalue weighted by atomic mass is 10.1. The van der Waals surface area contributed by atoms with E-state index in [2.05, 4.69) is 6.07 Å². The number of nitrogens with zero attached hydrogens (tertiary/aromatic N) is 1. The molecular formula is C15H13NO3. The number of rotatable bonds is 4. The van der Waals surface area contributed by atoms with E-state index in [0.29, 0.717) is 22.8 Å². The number of methoxy groups -OCH3 is 2. The molecule has 96 valence electrons. The number of hydrogen-bond donors (Lipinski definition) is 0. The first kappa shape index (κ1) is 12.8. The molecule has 0 saturated carbocycles. The van der Waals surface area contributed by atoms with Crippen LogP contribution in [0.25, 0.3) is 11.6 Å². The van der Waals surface area contributed by atoms with Crippen molar-refractivity contribution in [3.05, 3.63) is 47.9 Å². The van der Waals surface area contributed by atoms with Crippen LogP contribution in [0.5, 0.6) is 11.5 Å². The van der Waals surface area contributed by atoms with Gasteiger partial charge in [-0.15, -0.1) is 0 Å². The summed E-state index contributed by atoms with van der Waals surface area (Å²) in [6.45, 7) is 0. The number of hydrogen-bond acceptors (Lipinski definition) is 4. The first-order chi connectivity index (χ1) is 9.28. The third kappa shape index (κ3) is 2.78. The third-order valence-corrected chi connectivity index (χ3v) is 2.64. The van der Waals surface area contributed by atoms with E-state index in [1.54, 1.807) is 56.9 Å². The predicted molar refractivity (Wildman–Crippen MR) is 71.7 cm³/mol. The molecule has 0 atom stereocenters. The quantitative estimate of drug-likeness (QED) is 0.786. The molecule has 0 amide bonds. The maximum atomic E-state index is 9.24. The minimum absolute atomic E-state index is 0.496. The second-order valence-corrected chi connectivity index (χ2v) is 3.75. The van der Waals surface area contributed by atoms with Gasteiger partial charge in [-0.2, -0.15) is 5.26 Å². The fourth-order valence-corrected chi connectivity index (χ4v) is 1.70. The summed E-state index contributed by atoms with van der Waals surface area (Å²) >= 11 is 0. The molecule has 0 N–H and O–H groups in total. The van der Waals surface area contributed by atoms with Gasteiger partial charge in [0.1, 0.15) is 5.76 Å². The van der Waals surface area contributed by atoms with Crippen LogP contribution in [-0.2, 0) is 0 Å². The van der Waals surface area contributed by atoms with Crippen molar-refractivity contribution in [1.29, 1.82) is 5.26 Å². The number of furan rings is 1. The molecule has 0 aliphatic carbocycles. The molecule has 1 aromatic carbocycles. The lowest BCUT2D eigenvalue weighted by Crippen LogP contribution is -1.92. The van der Waals surface area contributed by atoms with E-state index in [4.69, 9.17) is 13.9 Å². The minimum atomic E-state index is 0.496. The van der Waals surface area contributed by atoms with Crippen molar-refractivity contribution < 1.29 is 13.9 Å². The van der Waals surface area contributed by atoms with Crippen LogP contribution in [0.3, 0.4) is 0 Å². The summed E-state index contributed by atoms with van der Waals surface area (Å²) in [4.78, 5) is 0. The fourth-order valence-electron chi connectivity index (χ4n) is 1.70. The predicted octanol–water partition coefficient (Wildman–Crippen LogP) is 3.36. The van der Waals surface area contributed by atoms with E-state index in [-0.39, 0.29) is 0 Å². The molecule has 0 saturated heterocycles. The van der Waals surface area contributed by atoms with Crippen molar-refractivity contribution in [2.45, 2.75) is 0 Å². The summed E-state index contributed by atoms with van der Waals surface area (Å²) in [5, 5.41) is 9.24. The van der Waals surface area contributed by atoms with E-state index >= 15 is 0 Å². The highest BCUT2D eigenvalue weighted by atomic mass is 16.5. The smallest absolute Gasteiger partial charge is 0.161 e. The Labute approximate surface area is 111 Å². The maximum Gasteiger partial charge on any atom is 0.161 e. The van der Waals surface area contributed by atoms with Gasteiger partial charge in [0, 0.05) is 0 Å². The van der Waals surface area contributed by atoms with Gasteiger partial charge in [0.05, 0.1) is 32.1 Å². The van der Waals surface area contributed by atoms with E-state index in [1.165, 1.54) is 0 Å². The molecule has 1 heterocycles. The second-order valence-electron chi connectivity index (χ2n) is 3.75. The second kappa shape index (κ2) is 5.78. The Morgan fingerprint density at radius 3 is 2.58 bits per heavy atom. The van der Waals surface area contributed by atoms with Crippen LogP contribution < -0.4 is 9.47 Å². The van der Waals surface area contributed by atoms with Crippen LogP contribution in [0.4, 0.5) is 0 Å². The maximum absolute atomic E-state index is 9.24. The zero-order valence-electron chi connectivity index (χ0n) is 10.7. The van der Waals surface area contributed by atoms with Crippen molar-refractivity contribution >= 4 is 11.6 Å². The molecule has 4 nitrogen and oxygen atoms in total. The Morgan fingerprint density at radius 2 is 2.00 bits per heavy atom. The number of nitriles is 1. The molecule has 0 spiro atoms. The largest absolute Gasteiger partial charge is 0.493 e. The van der Waals surface area contributed by atoms with Gasteiger partial charge in [-0.25, -0.2) is 0 Å². The average Bonchev–Trinajstić information content (AvgIpc) is 2.97. The van der Waals surface area contributed by atoms with Gasteiger partial charge in [-0.3, -0.25) is 0 Å². The molecule has 4 heteroatoms. The zero-order valence-corrected chi connectivity index (χ0v) is 10.7. The normalized spacial score (nSPS) is 10.9. The first-order valence-corrected chi connectivity index (χ1v) is 5.66. The Balaban J connectivity index is 2.42. The van der Waals surface area contributed by atoms with Gasteiger partial charge in [-0.1, -0.05) is 0 Å². The Morgan fingerprint density at radius 1 is 1.21 bits per heavy atom. The van der Waals surface area contributed by atoms with Crippen molar-refractivity contribution in [3.8, 4) is 17.6 Å². The van der Waals surface area contributed by atoms with Crippen LogP contribution in [0.15, 0.2) is 41.0 Å². The molecule has 2 aromatic rings. The third-order valence-electron chi connectivity index (χ3n) is 2.64. The summed E-state index contributed by atoms with van der Waals surface area (Å²) in [7, 11) is 3.13. The van der Waals surface area contributed by atoms with E-state index < -0.39 is 0 Å². The van der Waals surface area contributed by atoms with Crippen molar-refractivity contribution in [2.75, 3.05) is 14.2 Å². The van der Waals surface area contributed by atoms with Gasteiger partial charge >= 0.3 is 0 Å². The van der Waals surface area contributed by atoms with Gasteiger partial charge in [0.15, 0.2) is 11.5 Å². The lowest BCUT2D eigenvalue weighted by molar-refractivity contribution is 0.355. The lowest BCUT2D eigenvalue weighted by Gasteiger charge is -2.08. The van der Waals surface area contributed by atoms with E-state index in [9.17, 15) is 5.26 Å². The molecule has 19 heavy (non-hydrogen) atoms. The molecule has 0 bridgehead atoms.